The largest absolute Gasteiger partial charge is 0.494 e. The molecule has 0 atom stereocenters. The molecular weight excluding hydrogens is 368 g/mol. The van der Waals surface area contributed by atoms with E-state index in [0.717, 1.165) is 28.1 Å². The highest BCUT2D eigenvalue weighted by atomic mass is 32.1. The number of hydrogen-bond donors (Lipinski definition) is 0. The average Bonchev–Trinajstić information content (AvgIpc) is 2.87. The summed E-state index contributed by atoms with van der Waals surface area (Å²) in [4.78, 5) is 16.5. The molecule has 1 aliphatic heterocycles. The number of benzene rings is 2. The van der Waals surface area contributed by atoms with E-state index in [2.05, 4.69) is 26.0 Å². The van der Waals surface area contributed by atoms with E-state index < -0.39 is 0 Å². The van der Waals surface area contributed by atoms with Crippen molar-refractivity contribution in [2.75, 3.05) is 18.6 Å². The maximum Gasteiger partial charge on any atom is 0.281 e. The first-order valence-electron chi connectivity index (χ1n) is 9.51. The van der Waals surface area contributed by atoms with Crippen LogP contribution in [0.1, 0.15) is 43.4 Å². The van der Waals surface area contributed by atoms with Gasteiger partial charge in [-0.1, -0.05) is 32.0 Å². The lowest BCUT2D eigenvalue weighted by molar-refractivity contribution is -0.114. The summed E-state index contributed by atoms with van der Waals surface area (Å²) < 4.78 is 5.81. The van der Waals surface area contributed by atoms with E-state index in [9.17, 15) is 4.79 Å². The number of rotatable bonds is 5. The van der Waals surface area contributed by atoms with Gasteiger partial charge in [-0.2, -0.15) is 0 Å². The molecule has 0 aliphatic carbocycles. The molecule has 0 unspecified atom stereocenters. The standard InChI is InChI=1S/C23H26N2O2S/c1-6-27-21-12-16(4)17(13-19(21)15(2)3)14-20-22(26)25(23(28)24(20)5)18-10-8-7-9-11-18/h7-15H,6H2,1-5H3/b20-14+. The maximum atomic E-state index is 13.1. The third kappa shape index (κ3) is 3.67. The lowest BCUT2D eigenvalue weighted by Gasteiger charge is -2.17. The van der Waals surface area contributed by atoms with Crippen molar-refractivity contribution >= 4 is 35.0 Å². The van der Waals surface area contributed by atoms with Gasteiger partial charge in [-0.15, -0.1) is 0 Å². The summed E-state index contributed by atoms with van der Waals surface area (Å²) in [6.45, 7) is 8.93. The van der Waals surface area contributed by atoms with Crippen LogP contribution in [0.4, 0.5) is 5.69 Å². The summed E-state index contributed by atoms with van der Waals surface area (Å²) in [7, 11) is 1.84. The van der Waals surface area contributed by atoms with Crippen LogP contribution in [-0.2, 0) is 4.79 Å². The highest BCUT2D eigenvalue weighted by molar-refractivity contribution is 7.80. The molecule has 4 nitrogen and oxygen atoms in total. The summed E-state index contributed by atoms with van der Waals surface area (Å²) in [6.07, 6.45) is 1.93. The molecule has 1 saturated heterocycles. The summed E-state index contributed by atoms with van der Waals surface area (Å²) in [5.74, 6) is 1.11. The van der Waals surface area contributed by atoms with Crippen molar-refractivity contribution in [3.63, 3.8) is 0 Å². The van der Waals surface area contributed by atoms with Crippen molar-refractivity contribution in [1.29, 1.82) is 0 Å². The van der Waals surface area contributed by atoms with Gasteiger partial charge in [0.25, 0.3) is 5.91 Å². The minimum atomic E-state index is -0.113. The molecule has 1 fully saturated rings. The second-order valence-electron chi connectivity index (χ2n) is 7.18. The number of ether oxygens (including phenoxy) is 1. The van der Waals surface area contributed by atoms with E-state index in [1.54, 1.807) is 9.80 Å². The molecule has 0 spiro atoms. The molecule has 0 N–H and O–H groups in total. The van der Waals surface area contributed by atoms with Crippen LogP contribution in [-0.4, -0.2) is 29.6 Å². The molecule has 5 heteroatoms. The minimum absolute atomic E-state index is 0.113. The first-order chi connectivity index (χ1) is 13.3. The van der Waals surface area contributed by atoms with Crippen molar-refractivity contribution in [1.82, 2.24) is 4.90 Å². The molecule has 0 aromatic heterocycles. The highest BCUT2D eigenvalue weighted by Gasteiger charge is 2.36. The fourth-order valence-corrected chi connectivity index (χ4v) is 3.60. The Morgan fingerprint density at radius 1 is 1.18 bits per heavy atom. The third-order valence-corrected chi connectivity index (χ3v) is 5.35. The number of anilines is 1. The molecule has 0 radical (unpaired) electrons. The van der Waals surface area contributed by atoms with E-state index >= 15 is 0 Å². The molecule has 2 aromatic carbocycles. The Hall–Kier alpha value is -2.66. The first kappa shape index (κ1) is 20.1. The molecule has 146 valence electrons. The smallest absolute Gasteiger partial charge is 0.281 e. The fraction of sp³-hybridized carbons (Fsp3) is 0.304. The Balaban J connectivity index is 2.05. The summed E-state index contributed by atoms with van der Waals surface area (Å²) >= 11 is 5.54. The van der Waals surface area contributed by atoms with Gasteiger partial charge < -0.3 is 9.64 Å². The summed E-state index contributed by atoms with van der Waals surface area (Å²) in [5.41, 5.74) is 4.54. The second kappa shape index (κ2) is 8.15. The van der Waals surface area contributed by atoms with Gasteiger partial charge in [0.2, 0.25) is 0 Å². The van der Waals surface area contributed by atoms with Crippen molar-refractivity contribution in [2.45, 2.75) is 33.6 Å². The number of amides is 1. The predicted molar refractivity (Wildman–Crippen MR) is 119 cm³/mol. The maximum absolute atomic E-state index is 13.1. The Kier molecular flexibility index (Phi) is 5.84. The number of likely N-dealkylation sites (N-methyl/N-ethyl adjacent to an activating group) is 1. The Labute approximate surface area is 172 Å². The van der Waals surface area contributed by atoms with Gasteiger partial charge in [0.1, 0.15) is 11.4 Å². The van der Waals surface area contributed by atoms with Gasteiger partial charge in [0.15, 0.2) is 5.11 Å². The quantitative estimate of drug-likeness (QED) is 0.520. The number of carbonyl (C=O) groups is 1. The number of para-hydroxylation sites is 1. The zero-order valence-corrected chi connectivity index (χ0v) is 17.8. The third-order valence-electron chi connectivity index (χ3n) is 4.89. The van der Waals surface area contributed by atoms with Crippen LogP contribution >= 0.6 is 12.2 Å². The zero-order chi connectivity index (χ0) is 20.4. The van der Waals surface area contributed by atoms with Crippen molar-refractivity contribution in [3.05, 3.63) is 64.9 Å². The Morgan fingerprint density at radius 3 is 2.46 bits per heavy atom. The van der Waals surface area contributed by atoms with E-state index in [1.165, 1.54) is 0 Å². The fourth-order valence-electron chi connectivity index (χ4n) is 3.31. The van der Waals surface area contributed by atoms with E-state index in [4.69, 9.17) is 17.0 Å². The van der Waals surface area contributed by atoms with Crippen LogP contribution in [0.3, 0.4) is 0 Å². The molecular formula is C23H26N2O2S. The number of carbonyl (C=O) groups excluding carboxylic acids is 1. The monoisotopic (exact) mass is 394 g/mol. The number of nitrogens with zero attached hydrogens (tertiary/aromatic N) is 2. The Morgan fingerprint density at radius 2 is 1.86 bits per heavy atom. The number of aryl methyl sites for hydroxylation is 1. The second-order valence-corrected chi connectivity index (χ2v) is 7.55. The summed E-state index contributed by atoms with van der Waals surface area (Å²) in [5, 5.41) is 0.482. The van der Waals surface area contributed by atoms with Gasteiger partial charge >= 0.3 is 0 Å². The lowest BCUT2D eigenvalue weighted by Crippen LogP contribution is -2.30. The van der Waals surface area contributed by atoms with E-state index in [-0.39, 0.29) is 5.91 Å². The Bertz CT molecular complexity index is 935. The van der Waals surface area contributed by atoms with Crippen LogP contribution in [0.2, 0.25) is 0 Å². The van der Waals surface area contributed by atoms with Crippen LogP contribution in [0.5, 0.6) is 5.75 Å². The topological polar surface area (TPSA) is 32.8 Å². The number of thiocarbonyl (C=S) groups is 1. The van der Waals surface area contributed by atoms with E-state index in [1.807, 2.05) is 57.3 Å². The first-order valence-corrected chi connectivity index (χ1v) is 9.92. The molecule has 3 rings (SSSR count). The molecule has 0 saturated carbocycles. The normalized spacial score (nSPS) is 15.9. The van der Waals surface area contributed by atoms with Gasteiger partial charge in [-0.25, -0.2) is 0 Å². The molecule has 2 aromatic rings. The molecule has 1 aliphatic rings. The molecule has 28 heavy (non-hydrogen) atoms. The summed E-state index contributed by atoms with van der Waals surface area (Å²) in [6, 6.07) is 13.7. The van der Waals surface area contributed by atoms with E-state index in [0.29, 0.717) is 23.3 Å². The van der Waals surface area contributed by atoms with Crippen LogP contribution in [0.25, 0.3) is 6.08 Å². The minimum Gasteiger partial charge on any atom is -0.494 e. The van der Waals surface area contributed by atoms with Crippen molar-refractivity contribution in [3.8, 4) is 5.75 Å². The van der Waals surface area contributed by atoms with Gasteiger partial charge in [0.05, 0.1) is 12.3 Å². The van der Waals surface area contributed by atoms with Crippen molar-refractivity contribution < 1.29 is 9.53 Å². The van der Waals surface area contributed by atoms with Gasteiger partial charge in [-0.3, -0.25) is 9.69 Å². The van der Waals surface area contributed by atoms with Crippen LogP contribution in [0.15, 0.2) is 48.2 Å². The molecule has 1 amide bonds. The van der Waals surface area contributed by atoms with Crippen molar-refractivity contribution in [2.24, 2.45) is 0 Å². The molecule has 1 heterocycles. The molecule has 0 bridgehead atoms. The number of hydrogen-bond acceptors (Lipinski definition) is 3. The zero-order valence-electron chi connectivity index (χ0n) is 17.0. The van der Waals surface area contributed by atoms with Crippen LogP contribution < -0.4 is 9.64 Å². The predicted octanol–water partition coefficient (Wildman–Crippen LogP) is 5.12. The highest BCUT2D eigenvalue weighted by Crippen LogP contribution is 2.33. The average molecular weight is 395 g/mol. The van der Waals surface area contributed by atoms with Gasteiger partial charge in [0, 0.05) is 7.05 Å². The van der Waals surface area contributed by atoms with Gasteiger partial charge in [-0.05, 0) is 79.0 Å². The lowest BCUT2D eigenvalue weighted by atomic mass is 9.96. The SMILES string of the molecule is CCOc1cc(C)c(/C=C2\C(=O)N(c3ccccc3)C(=S)N2C)cc1C(C)C. The van der Waals surface area contributed by atoms with Crippen LogP contribution in [0, 0.1) is 6.92 Å².